The highest BCUT2D eigenvalue weighted by Gasteiger charge is 2.38. The molecule has 4 heteroatoms. The maximum Gasteiger partial charge on any atom is 0.307 e. The van der Waals surface area contributed by atoms with E-state index < -0.39 is 11.9 Å². The number of rotatable bonds is 2. The van der Waals surface area contributed by atoms with E-state index in [4.69, 9.17) is 0 Å². The third kappa shape index (κ3) is 3.53. The first-order valence-electron chi connectivity index (χ1n) is 7.92. The molecule has 114 valence electrons. The molecule has 0 aromatic carbocycles. The minimum atomic E-state index is -0.793. The Kier molecular flexibility index (Phi) is 4.71. The molecule has 2 rings (SSSR count). The molecule has 2 atom stereocenters. The summed E-state index contributed by atoms with van der Waals surface area (Å²) in [5.74, 6) is -1.46. The highest BCUT2D eigenvalue weighted by molar-refractivity contribution is 5.85. The standard InChI is InChI=1S/C16H27NO3/c1-16(2)8-5-10-17(11-9-16)14(18)12-6-3-4-7-13(12)15(19)20/h12-13H,3-11H2,1-2H3,(H,19,20). The second-order valence-electron chi connectivity index (χ2n) is 7.18. The molecule has 1 aliphatic heterocycles. The summed E-state index contributed by atoms with van der Waals surface area (Å²) in [4.78, 5) is 26.0. The number of carboxylic acid groups (broad SMARTS) is 1. The fourth-order valence-corrected chi connectivity index (χ4v) is 3.60. The largest absolute Gasteiger partial charge is 0.481 e. The Morgan fingerprint density at radius 1 is 1.00 bits per heavy atom. The fraction of sp³-hybridized carbons (Fsp3) is 0.875. The summed E-state index contributed by atoms with van der Waals surface area (Å²) in [5, 5.41) is 9.32. The van der Waals surface area contributed by atoms with E-state index in [1.165, 1.54) is 0 Å². The van der Waals surface area contributed by atoms with Crippen molar-refractivity contribution in [3.63, 3.8) is 0 Å². The van der Waals surface area contributed by atoms with Gasteiger partial charge < -0.3 is 10.0 Å². The molecule has 0 aromatic heterocycles. The van der Waals surface area contributed by atoms with Gasteiger partial charge in [-0.1, -0.05) is 26.7 Å². The van der Waals surface area contributed by atoms with Crippen molar-refractivity contribution >= 4 is 11.9 Å². The summed E-state index contributed by atoms with van der Waals surface area (Å²) in [6.07, 6.45) is 6.52. The lowest BCUT2D eigenvalue weighted by Crippen LogP contribution is -2.43. The summed E-state index contributed by atoms with van der Waals surface area (Å²) in [5.41, 5.74) is 0.299. The van der Waals surface area contributed by atoms with Gasteiger partial charge in [-0.2, -0.15) is 0 Å². The number of amides is 1. The van der Waals surface area contributed by atoms with Gasteiger partial charge in [0.25, 0.3) is 0 Å². The molecule has 20 heavy (non-hydrogen) atoms. The van der Waals surface area contributed by atoms with E-state index in [1.807, 2.05) is 4.90 Å². The van der Waals surface area contributed by atoms with Crippen LogP contribution in [0.3, 0.4) is 0 Å². The fourth-order valence-electron chi connectivity index (χ4n) is 3.60. The van der Waals surface area contributed by atoms with Crippen LogP contribution in [0.4, 0.5) is 0 Å². The van der Waals surface area contributed by atoms with E-state index in [2.05, 4.69) is 13.8 Å². The predicted molar refractivity (Wildman–Crippen MR) is 77.3 cm³/mol. The smallest absolute Gasteiger partial charge is 0.307 e. The first kappa shape index (κ1) is 15.3. The molecule has 1 saturated heterocycles. The van der Waals surface area contributed by atoms with Crippen LogP contribution in [0.25, 0.3) is 0 Å². The quantitative estimate of drug-likeness (QED) is 0.846. The van der Waals surface area contributed by atoms with Gasteiger partial charge in [0, 0.05) is 13.1 Å². The van der Waals surface area contributed by atoms with Crippen LogP contribution in [0.5, 0.6) is 0 Å². The first-order chi connectivity index (χ1) is 9.41. The third-order valence-corrected chi connectivity index (χ3v) is 5.05. The Hall–Kier alpha value is -1.06. The van der Waals surface area contributed by atoms with Crippen LogP contribution in [0.1, 0.15) is 58.8 Å². The molecule has 0 aromatic rings. The second-order valence-corrected chi connectivity index (χ2v) is 7.18. The van der Waals surface area contributed by atoms with Crippen molar-refractivity contribution in [1.29, 1.82) is 0 Å². The van der Waals surface area contributed by atoms with E-state index in [1.54, 1.807) is 0 Å². The Labute approximate surface area is 121 Å². The molecule has 2 unspecified atom stereocenters. The van der Waals surface area contributed by atoms with Gasteiger partial charge in [0.15, 0.2) is 0 Å². The highest BCUT2D eigenvalue weighted by atomic mass is 16.4. The van der Waals surface area contributed by atoms with Crippen molar-refractivity contribution in [1.82, 2.24) is 4.90 Å². The van der Waals surface area contributed by atoms with Crippen LogP contribution in [-0.4, -0.2) is 35.0 Å². The molecule has 1 aliphatic carbocycles. The lowest BCUT2D eigenvalue weighted by atomic mass is 9.78. The third-order valence-electron chi connectivity index (χ3n) is 5.05. The maximum absolute atomic E-state index is 12.7. The molecule has 1 saturated carbocycles. The molecule has 1 N–H and O–H groups in total. The Morgan fingerprint density at radius 3 is 2.30 bits per heavy atom. The second kappa shape index (κ2) is 6.15. The number of likely N-dealkylation sites (tertiary alicyclic amines) is 1. The summed E-state index contributed by atoms with van der Waals surface area (Å²) >= 11 is 0. The minimum Gasteiger partial charge on any atom is -0.481 e. The van der Waals surface area contributed by atoms with E-state index >= 15 is 0 Å². The van der Waals surface area contributed by atoms with Gasteiger partial charge in [-0.15, -0.1) is 0 Å². The summed E-state index contributed by atoms with van der Waals surface area (Å²) < 4.78 is 0. The normalized spacial score (nSPS) is 30.6. The summed E-state index contributed by atoms with van der Waals surface area (Å²) in [6, 6.07) is 0. The highest BCUT2D eigenvalue weighted by Crippen LogP contribution is 2.34. The number of aliphatic carboxylic acids is 1. The van der Waals surface area contributed by atoms with Crippen LogP contribution >= 0.6 is 0 Å². The first-order valence-corrected chi connectivity index (χ1v) is 7.92. The van der Waals surface area contributed by atoms with Crippen molar-refractivity contribution in [3.8, 4) is 0 Å². The van der Waals surface area contributed by atoms with Crippen LogP contribution in [0.2, 0.25) is 0 Å². The van der Waals surface area contributed by atoms with Gasteiger partial charge in [0.05, 0.1) is 11.8 Å². The number of carbonyl (C=O) groups excluding carboxylic acids is 1. The van der Waals surface area contributed by atoms with Crippen molar-refractivity contribution in [2.75, 3.05) is 13.1 Å². The van der Waals surface area contributed by atoms with E-state index in [9.17, 15) is 14.7 Å². The summed E-state index contributed by atoms with van der Waals surface area (Å²) in [7, 11) is 0. The van der Waals surface area contributed by atoms with Crippen molar-refractivity contribution in [2.45, 2.75) is 58.8 Å². The molecule has 0 radical (unpaired) electrons. The van der Waals surface area contributed by atoms with Crippen LogP contribution in [0, 0.1) is 17.3 Å². The van der Waals surface area contributed by atoms with Gasteiger partial charge in [-0.25, -0.2) is 0 Å². The SMILES string of the molecule is CC1(C)CCCN(C(=O)C2CCCCC2C(=O)O)CC1. The van der Waals surface area contributed by atoms with E-state index in [-0.39, 0.29) is 11.8 Å². The molecule has 1 heterocycles. The average molecular weight is 281 g/mol. The lowest BCUT2D eigenvalue weighted by Gasteiger charge is -2.32. The van der Waals surface area contributed by atoms with Crippen molar-refractivity contribution < 1.29 is 14.7 Å². The van der Waals surface area contributed by atoms with Crippen molar-refractivity contribution in [2.24, 2.45) is 17.3 Å². The lowest BCUT2D eigenvalue weighted by molar-refractivity contribution is -0.152. The minimum absolute atomic E-state index is 0.0924. The van der Waals surface area contributed by atoms with Gasteiger partial charge in [0.1, 0.15) is 0 Å². The molecule has 0 spiro atoms. The molecule has 4 nitrogen and oxygen atoms in total. The number of nitrogens with zero attached hydrogens (tertiary/aromatic N) is 1. The van der Waals surface area contributed by atoms with Gasteiger partial charge >= 0.3 is 5.97 Å². The maximum atomic E-state index is 12.7. The Bertz CT molecular complexity index is 378. The molecule has 0 bridgehead atoms. The number of carboxylic acids is 1. The zero-order valence-electron chi connectivity index (χ0n) is 12.7. The number of hydrogen-bond donors (Lipinski definition) is 1. The number of carbonyl (C=O) groups is 2. The molecular formula is C16H27NO3. The molecule has 1 amide bonds. The van der Waals surface area contributed by atoms with Crippen LogP contribution < -0.4 is 0 Å². The zero-order valence-corrected chi connectivity index (χ0v) is 12.7. The molecule has 2 fully saturated rings. The van der Waals surface area contributed by atoms with Gasteiger partial charge in [-0.3, -0.25) is 9.59 Å². The summed E-state index contributed by atoms with van der Waals surface area (Å²) in [6.45, 7) is 6.09. The van der Waals surface area contributed by atoms with Crippen LogP contribution in [-0.2, 0) is 9.59 Å². The van der Waals surface area contributed by atoms with Gasteiger partial charge in [-0.05, 0) is 37.5 Å². The molecular weight excluding hydrogens is 254 g/mol. The topological polar surface area (TPSA) is 57.6 Å². The number of hydrogen-bond acceptors (Lipinski definition) is 2. The Balaban J connectivity index is 2.03. The van der Waals surface area contributed by atoms with Crippen LogP contribution in [0.15, 0.2) is 0 Å². The van der Waals surface area contributed by atoms with E-state index in [0.717, 1.165) is 51.6 Å². The van der Waals surface area contributed by atoms with Crippen molar-refractivity contribution in [3.05, 3.63) is 0 Å². The van der Waals surface area contributed by atoms with E-state index in [0.29, 0.717) is 11.8 Å². The monoisotopic (exact) mass is 281 g/mol. The van der Waals surface area contributed by atoms with Gasteiger partial charge in [0.2, 0.25) is 5.91 Å². The zero-order chi connectivity index (χ0) is 14.8. The molecule has 2 aliphatic rings. The Morgan fingerprint density at radius 2 is 1.65 bits per heavy atom. The average Bonchev–Trinajstić information content (AvgIpc) is 2.59. The predicted octanol–water partition coefficient (Wildman–Crippen LogP) is 2.92.